The summed E-state index contributed by atoms with van der Waals surface area (Å²) in [5, 5.41) is 0. The van der Waals surface area contributed by atoms with Crippen molar-refractivity contribution in [2.45, 2.75) is 6.42 Å². The lowest BCUT2D eigenvalue weighted by Gasteiger charge is -1.93. The summed E-state index contributed by atoms with van der Waals surface area (Å²) in [5.41, 5.74) is 1.60. The van der Waals surface area contributed by atoms with E-state index in [0.29, 0.717) is 0 Å². The van der Waals surface area contributed by atoms with Crippen molar-refractivity contribution in [2.24, 2.45) is 0 Å². The molecule has 0 saturated heterocycles. The van der Waals surface area contributed by atoms with Crippen LogP contribution < -0.4 is 0 Å². The zero-order valence-electron chi connectivity index (χ0n) is 9.26. The second-order valence-corrected chi connectivity index (χ2v) is 3.54. The predicted molar refractivity (Wildman–Crippen MR) is 66.3 cm³/mol. The van der Waals surface area contributed by atoms with Gasteiger partial charge in [-0.05, 0) is 30.2 Å². The minimum absolute atomic E-state index is 0.118. The maximum atomic E-state index is 11.6. The number of carbonyl (C=O) groups is 1. The van der Waals surface area contributed by atoms with Gasteiger partial charge in [0.1, 0.15) is 0 Å². The lowest BCUT2D eigenvalue weighted by atomic mass is 10.2. The Hall–Kier alpha value is -2.40. The van der Waals surface area contributed by atoms with Crippen molar-refractivity contribution in [3.05, 3.63) is 66.0 Å². The number of pyridine rings is 1. The summed E-state index contributed by atoms with van der Waals surface area (Å²) >= 11 is 0. The van der Waals surface area contributed by atoms with Crippen LogP contribution in [0.15, 0.2) is 54.7 Å². The van der Waals surface area contributed by atoms with E-state index in [-0.39, 0.29) is 12.2 Å². The molecule has 0 bridgehead atoms. The van der Waals surface area contributed by atoms with Crippen LogP contribution in [-0.4, -0.2) is 10.8 Å². The number of benzene rings is 1. The van der Waals surface area contributed by atoms with Gasteiger partial charge in [0.05, 0.1) is 6.42 Å². The Morgan fingerprint density at radius 3 is 2.53 bits per heavy atom. The number of Topliss-reactive ketones (excluding diaryl/α,β-unsaturated/α-hetero) is 1. The number of hydrogen-bond acceptors (Lipinski definition) is 2. The molecule has 0 saturated carbocycles. The molecule has 0 radical (unpaired) electrons. The van der Waals surface area contributed by atoms with Gasteiger partial charge in [0.2, 0.25) is 5.78 Å². The van der Waals surface area contributed by atoms with Crippen LogP contribution in [0.2, 0.25) is 0 Å². The SMILES string of the molecule is O=C(C#Cc1ccccc1)Cc1ccccn1. The molecule has 0 N–H and O–H groups in total. The quantitative estimate of drug-likeness (QED) is 0.728. The zero-order chi connectivity index (χ0) is 11.9. The first-order chi connectivity index (χ1) is 8.34. The number of rotatable bonds is 2. The van der Waals surface area contributed by atoms with Crippen molar-refractivity contribution in [3.8, 4) is 11.8 Å². The highest BCUT2D eigenvalue weighted by Gasteiger charge is 1.99. The molecule has 0 spiro atoms. The van der Waals surface area contributed by atoms with Gasteiger partial charge in [-0.3, -0.25) is 9.78 Å². The molecule has 1 aromatic carbocycles. The molecule has 2 rings (SSSR count). The molecule has 82 valence electrons. The highest BCUT2D eigenvalue weighted by molar-refractivity contribution is 5.97. The van der Waals surface area contributed by atoms with Gasteiger partial charge in [0.25, 0.3) is 0 Å². The molecule has 0 aliphatic carbocycles. The number of nitrogens with zero attached hydrogens (tertiary/aromatic N) is 1. The first kappa shape index (κ1) is 11.1. The fourth-order valence-electron chi connectivity index (χ4n) is 1.37. The van der Waals surface area contributed by atoms with E-state index in [0.717, 1.165) is 11.3 Å². The third kappa shape index (κ3) is 3.58. The topological polar surface area (TPSA) is 30.0 Å². The van der Waals surface area contributed by atoms with Gasteiger partial charge < -0.3 is 0 Å². The van der Waals surface area contributed by atoms with E-state index in [4.69, 9.17) is 0 Å². The van der Waals surface area contributed by atoms with Gasteiger partial charge in [0, 0.05) is 17.5 Å². The van der Waals surface area contributed by atoms with Gasteiger partial charge in [-0.15, -0.1) is 0 Å². The van der Waals surface area contributed by atoms with E-state index in [1.165, 1.54) is 0 Å². The first-order valence-corrected chi connectivity index (χ1v) is 5.34. The minimum Gasteiger partial charge on any atom is -0.284 e. The van der Waals surface area contributed by atoms with E-state index in [9.17, 15) is 4.79 Å². The lowest BCUT2D eigenvalue weighted by molar-refractivity contribution is -0.113. The zero-order valence-corrected chi connectivity index (χ0v) is 9.26. The maximum Gasteiger partial charge on any atom is 0.211 e. The molecular formula is C15H11NO. The van der Waals surface area contributed by atoms with E-state index < -0.39 is 0 Å². The molecular weight excluding hydrogens is 210 g/mol. The summed E-state index contributed by atoms with van der Waals surface area (Å²) in [6, 6.07) is 15.0. The molecule has 17 heavy (non-hydrogen) atoms. The van der Waals surface area contributed by atoms with Crippen LogP contribution in [0.1, 0.15) is 11.3 Å². The summed E-state index contributed by atoms with van der Waals surface area (Å²) in [5.74, 6) is 5.34. The van der Waals surface area contributed by atoms with Crippen LogP contribution in [-0.2, 0) is 11.2 Å². The molecule has 0 fully saturated rings. The molecule has 1 aromatic heterocycles. The normalized spacial score (nSPS) is 9.18. The third-order valence-corrected chi connectivity index (χ3v) is 2.19. The fraction of sp³-hybridized carbons (Fsp3) is 0.0667. The Bertz CT molecular complexity index is 550. The van der Waals surface area contributed by atoms with Gasteiger partial charge in [-0.25, -0.2) is 0 Å². The Labute approximate surface area is 100 Å². The smallest absolute Gasteiger partial charge is 0.211 e. The Balaban J connectivity index is 2.02. The van der Waals surface area contributed by atoms with Crippen molar-refractivity contribution < 1.29 is 4.79 Å². The van der Waals surface area contributed by atoms with E-state index in [1.54, 1.807) is 6.20 Å². The first-order valence-electron chi connectivity index (χ1n) is 5.34. The molecule has 0 amide bonds. The molecule has 0 aliphatic heterocycles. The average Bonchev–Trinajstić information content (AvgIpc) is 2.39. The van der Waals surface area contributed by atoms with Crippen LogP contribution in [0.3, 0.4) is 0 Å². The highest BCUT2D eigenvalue weighted by Crippen LogP contribution is 1.97. The number of hydrogen-bond donors (Lipinski definition) is 0. The summed E-state index contributed by atoms with van der Waals surface area (Å²) < 4.78 is 0. The average molecular weight is 221 g/mol. The van der Waals surface area contributed by atoms with Crippen molar-refractivity contribution >= 4 is 5.78 Å². The standard InChI is InChI=1S/C15H11NO/c17-15(12-14-8-4-5-11-16-14)10-9-13-6-2-1-3-7-13/h1-8,11H,12H2. The largest absolute Gasteiger partial charge is 0.284 e. The summed E-state index contributed by atoms with van der Waals surface area (Å²) in [4.78, 5) is 15.7. The second-order valence-electron chi connectivity index (χ2n) is 3.54. The van der Waals surface area contributed by atoms with Crippen molar-refractivity contribution in [1.82, 2.24) is 4.98 Å². The van der Waals surface area contributed by atoms with Crippen LogP contribution >= 0.6 is 0 Å². The van der Waals surface area contributed by atoms with Crippen LogP contribution in [0.25, 0.3) is 0 Å². The molecule has 2 heteroatoms. The van der Waals surface area contributed by atoms with Crippen molar-refractivity contribution in [1.29, 1.82) is 0 Å². The van der Waals surface area contributed by atoms with Gasteiger partial charge >= 0.3 is 0 Å². The molecule has 1 heterocycles. The number of carbonyl (C=O) groups excluding carboxylic acids is 1. The van der Waals surface area contributed by atoms with Crippen molar-refractivity contribution in [3.63, 3.8) is 0 Å². The Morgan fingerprint density at radius 2 is 1.82 bits per heavy atom. The lowest BCUT2D eigenvalue weighted by Crippen LogP contribution is -2.00. The summed E-state index contributed by atoms with van der Waals surface area (Å²) in [7, 11) is 0. The Kier molecular flexibility index (Phi) is 3.67. The summed E-state index contributed by atoms with van der Waals surface area (Å²) in [6.07, 6.45) is 1.94. The Morgan fingerprint density at radius 1 is 1.06 bits per heavy atom. The van der Waals surface area contributed by atoms with Crippen molar-refractivity contribution in [2.75, 3.05) is 0 Å². The van der Waals surface area contributed by atoms with E-state index in [1.807, 2.05) is 48.5 Å². The van der Waals surface area contributed by atoms with Crippen LogP contribution in [0.5, 0.6) is 0 Å². The number of aromatic nitrogens is 1. The van der Waals surface area contributed by atoms with E-state index in [2.05, 4.69) is 16.8 Å². The van der Waals surface area contributed by atoms with Gasteiger partial charge in [0.15, 0.2) is 0 Å². The molecule has 0 unspecified atom stereocenters. The minimum atomic E-state index is -0.118. The predicted octanol–water partition coefficient (Wildman–Crippen LogP) is 2.24. The van der Waals surface area contributed by atoms with Gasteiger partial charge in [-0.1, -0.05) is 30.2 Å². The van der Waals surface area contributed by atoms with Crippen LogP contribution in [0.4, 0.5) is 0 Å². The van der Waals surface area contributed by atoms with Gasteiger partial charge in [-0.2, -0.15) is 0 Å². The van der Waals surface area contributed by atoms with E-state index >= 15 is 0 Å². The fourth-order valence-corrected chi connectivity index (χ4v) is 1.37. The molecule has 2 nitrogen and oxygen atoms in total. The monoisotopic (exact) mass is 221 g/mol. The molecule has 2 aromatic rings. The van der Waals surface area contributed by atoms with Crippen LogP contribution in [0, 0.1) is 11.8 Å². The summed E-state index contributed by atoms with van der Waals surface area (Å²) in [6.45, 7) is 0. The number of ketones is 1. The second kappa shape index (κ2) is 5.62. The maximum absolute atomic E-state index is 11.6. The highest BCUT2D eigenvalue weighted by atomic mass is 16.1. The molecule has 0 aliphatic rings. The molecule has 0 atom stereocenters. The third-order valence-electron chi connectivity index (χ3n) is 2.19.